The van der Waals surface area contributed by atoms with Crippen LogP contribution in [0.15, 0.2) is 43.0 Å². The molecule has 0 spiro atoms. The van der Waals surface area contributed by atoms with E-state index >= 15 is 0 Å². The molecule has 0 amide bonds. The summed E-state index contributed by atoms with van der Waals surface area (Å²) in [5.74, 6) is 1.47. The van der Waals surface area contributed by atoms with Crippen molar-refractivity contribution in [3.05, 3.63) is 43.0 Å². The third kappa shape index (κ3) is 2.90. The first-order chi connectivity index (χ1) is 11.3. The van der Waals surface area contributed by atoms with Crippen molar-refractivity contribution in [1.82, 2.24) is 19.5 Å². The highest BCUT2D eigenvalue weighted by Crippen LogP contribution is 2.22. The number of pyridine rings is 1. The standard InChI is InChI=1S/C17H19N5O/c23-14-3-1-13(2-4-14)20-17-19-9-6-16(21-17)22-10-7-12-11-18-8-5-15(12)22/h5-11,13-14,23H,1-4H2,(H,19,20,21). The van der Waals surface area contributed by atoms with Gasteiger partial charge in [-0.1, -0.05) is 0 Å². The van der Waals surface area contributed by atoms with Crippen molar-refractivity contribution in [2.24, 2.45) is 0 Å². The minimum atomic E-state index is -0.153. The number of nitrogens with zero attached hydrogens (tertiary/aromatic N) is 4. The number of anilines is 1. The van der Waals surface area contributed by atoms with E-state index in [9.17, 15) is 5.11 Å². The molecule has 6 nitrogen and oxygen atoms in total. The molecule has 3 aromatic heterocycles. The summed E-state index contributed by atoms with van der Waals surface area (Å²) in [6.07, 6.45) is 10.8. The first-order valence-electron chi connectivity index (χ1n) is 7.99. The van der Waals surface area contributed by atoms with Crippen LogP contribution < -0.4 is 5.32 Å². The van der Waals surface area contributed by atoms with Gasteiger partial charge in [-0.3, -0.25) is 4.98 Å². The van der Waals surface area contributed by atoms with E-state index < -0.39 is 0 Å². The fraction of sp³-hybridized carbons (Fsp3) is 0.353. The number of fused-ring (bicyclic) bond motifs is 1. The van der Waals surface area contributed by atoms with Crippen molar-refractivity contribution in [2.45, 2.75) is 37.8 Å². The van der Waals surface area contributed by atoms with Crippen LogP contribution in [0.25, 0.3) is 16.7 Å². The summed E-state index contributed by atoms with van der Waals surface area (Å²) in [7, 11) is 0. The maximum atomic E-state index is 9.60. The van der Waals surface area contributed by atoms with Crippen molar-refractivity contribution >= 4 is 16.9 Å². The molecule has 0 saturated heterocycles. The SMILES string of the molecule is OC1CCC(Nc2nccc(-n3ccc4cnccc43)n2)CC1. The number of aliphatic hydroxyl groups excluding tert-OH is 1. The molecule has 1 aliphatic rings. The predicted octanol–water partition coefficient (Wildman–Crippen LogP) is 2.53. The molecule has 1 fully saturated rings. The zero-order valence-corrected chi connectivity index (χ0v) is 12.8. The molecule has 3 aromatic rings. The maximum Gasteiger partial charge on any atom is 0.224 e. The molecule has 3 heterocycles. The molecule has 4 rings (SSSR count). The Hall–Kier alpha value is -2.47. The molecule has 1 aliphatic carbocycles. The van der Waals surface area contributed by atoms with Gasteiger partial charge >= 0.3 is 0 Å². The van der Waals surface area contributed by atoms with Gasteiger partial charge in [-0.05, 0) is 43.9 Å². The first kappa shape index (κ1) is 14.1. The smallest absolute Gasteiger partial charge is 0.224 e. The van der Waals surface area contributed by atoms with Crippen LogP contribution in [0.2, 0.25) is 0 Å². The molecule has 6 heteroatoms. The van der Waals surface area contributed by atoms with E-state index in [4.69, 9.17) is 0 Å². The van der Waals surface area contributed by atoms with E-state index in [0.29, 0.717) is 12.0 Å². The molecule has 0 aromatic carbocycles. The van der Waals surface area contributed by atoms with E-state index in [1.165, 1.54) is 0 Å². The Morgan fingerprint density at radius 2 is 1.96 bits per heavy atom. The van der Waals surface area contributed by atoms with Crippen LogP contribution in [0.5, 0.6) is 0 Å². The Morgan fingerprint density at radius 1 is 1.09 bits per heavy atom. The van der Waals surface area contributed by atoms with Gasteiger partial charge in [0.1, 0.15) is 5.82 Å². The van der Waals surface area contributed by atoms with Gasteiger partial charge in [0.2, 0.25) is 5.95 Å². The van der Waals surface area contributed by atoms with Crippen molar-refractivity contribution in [3.8, 4) is 5.82 Å². The van der Waals surface area contributed by atoms with Crippen molar-refractivity contribution in [2.75, 3.05) is 5.32 Å². The van der Waals surface area contributed by atoms with Gasteiger partial charge in [-0.2, -0.15) is 4.98 Å². The van der Waals surface area contributed by atoms with Crippen LogP contribution in [0, 0.1) is 0 Å². The molecule has 0 atom stereocenters. The third-order valence-electron chi connectivity index (χ3n) is 4.41. The third-order valence-corrected chi connectivity index (χ3v) is 4.41. The highest BCUT2D eigenvalue weighted by atomic mass is 16.3. The Morgan fingerprint density at radius 3 is 2.83 bits per heavy atom. The van der Waals surface area contributed by atoms with Crippen LogP contribution in [0.4, 0.5) is 5.95 Å². The highest BCUT2D eigenvalue weighted by Gasteiger charge is 2.19. The number of rotatable bonds is 3. The number of aliphatic hydroxyl groups is 1. The lowest BCUT2D eigenvalue weighted by Gasteiger charge is -2.26. The monoisotopic (exact) mass is 309 g/mol. The zero-order chi connectivity index (χ0) is 15.6. The molecule has 0 unspecified atom stereocenters. The van der Waals surface area contributed by atoms with Crippen molar-refractivity contribution in [1.29, 1.82) is 0 Å². The number of aromatic nitrogens is 4. The normalized spacial score (nSPS) is 21.4. The summed E-state index contributed by atoms with van der Waals surface area (Å²) < 4.78 is 2.04. The van der Waals surface area contributed by atoms with Gasteiger partial charge in [0.25, 0.3) is 0 Å². The van der Waals surface area contributed by atoms with Crippen LogP contribution in [0.1, 0.15) is 25.7 Å². The van der Waals surface area contributed by atoms with Gasteiger partial charge < -0.3 is 15.0 Å². The molecular formula is C17H19N5O. The number of nitrogens with one attached hydrogen (secondary N) is 1. The van der Waals surface area contributed by atoms with Crippen LogP contribution in [-0.4, -0.2) is 36.8 Å². The van der Waals surface area contributed by atoms with E-state index in [0.717, 1.165) is 42.4 Å². The van der Waals surface area contributed by atoms with E-state index in [2.05, 4.69) is 20.3 Å². The fourth-order valence-corrected chi connectivity index (χ4v) is 3.14. The van der Waals surface area contributed by atoms with Gasteiger partial charge in [0.05, 0.1) is 11.6 Å². The average molecular weight is 309 g/mol. The summed E-state index contributed by atoms with van der Waals surface area (Å²) in [6, 6.07) is 6.24. The molecule has 0 radical (unpaired) electrons. The van der Waals surface area contributed by atoms with Gasteiger partial charge in [-0.15, -0.1) is 0 Å². The van der Waals surface area contributed by atoms with E-state index in [1.54, 1.807) is 12.4 Å². The van der Waals surface area contributed by atoms with E-state index in [1.807, 2.05) is 35.2 Å². The first-order valence-corrected chi connectivity index (χ1v) is 7.99. The molecule has 2 N–H and O–H groups in total. The Balaban J connectivity index is 1.59. The zero-order valence-electron chi connectivity index (χ0n) is 12.8. The number of hydrogen-bond acceptors (Lipinski definition) is 5. The second-order valence-corrected chi connectivity index (χ2v) is 6.01. The molecule has 118 valence electrons. The lowest BCUT2D eigenvalue weighted by atomic mass is 9.93. The number of hydrogen-bond donors (Lipinski definition) is 2. The fourth-order valence-electron chi connectivity index (χ4n) is 3.14. The average Bonchev–Trinajstić information content (AvgIpc) is 3.01. The van der Waals surface area contributed by atoms with Gasteiger partial charge in [0, 0.05) is 36.2 Å². The molecule has 0 bridgehead atoms. The largest absolute Gasteiger partial charge is 0.393 e. The summed E-state index contributed by atoms with van der Waals surface area (Å²) >= 11 is 0. The van der Waals surface area contributed by atoms with Gasteiger partial charge in [0.15, 0.2) is 0 Å². The molecular weight excluding hydrogens is 290 g/mol. The van der Waals surface area contributed by atoms with E-state index in [-0.39, 0.29) is 6.10 Å². The Kier molecular flexibility index (Phi) is 3.67. The quantitative estimate of drug-likeness (QED) is 0.777. The highest BCUT2D eigenvalue weighted by molar-refractivity contribution is 5.80. The maximum absolute atomic E-state index is 9.60. The van der Waals surface area contributed by atoms with Crippen LogP contribution in [0.3, 0.4) is 0 Å². The van der Waals surface area contributed by atoms with Crippen molar-refractivity contribution in [3.63, 3.8) is 0 Å². The predicted molar refractivity (Wildman–Crippen MR) is 88.5 cm³/mol. The lowest BCUT2D eigenvalue weighted by Crippen LogP contribution is -2.29. The minimum Gasteiger partial charge on any atom is -0.393 e. The minimum absolute atomic E-state index is 0.153. The Bertz CT molecular complexity index is 807. The molecule has 0 aliphatic heterocycles. The molecule has 1 saturated carbocycles. The lowest BCUT2D eigenvalue weighted by molar-refractivity contribution is 0.126. The second kappa shape index (κ2) is 5.96. The topological polar surface area (TPSA) is 75.9 Å². The molecule has 23 heavy (non-hydrogen) atoms. The summed E-state index contributed by atoms with van der Waals surface area (Å²) in [6.45, 7) is 0. The van der Waals surface area contributed by atoms with Crippen molar-refractivity contribution < 1.29 is 5.11 Å². The summed E-state index contributed by atoms with van der Waals surface area (Å²) in [4.78, 5) is 13.1. The second-order valence-electron chi connectivity index (χ2n) is 6.01. The Labute approximate surface area is 134 Å². The summed E-state index contributed by atoms with van der Waals surface area (Å²) in [5, 5.41) is 14.1. The van der Waals surface area contributed by atoms with Crippen LogP contribution in [-0.2, 0) is 0 Å². The summed E-state index contributed by atoms with van der Waals surface area (Å²) in [5.41, 5.74) is 1.07. The van der Waals surface area contributed by atoms with Gasteiger partial charge in [-0.25, -0.2) is 4.98 Å². The van der Waals surface area contributed by atoms with Crippen LogP contribution >= 0.6 is 0 Å².